The number of hydrogen-bond donors (Lipinski definition) is 3. The van der Waals surface area contributed by atoms with Crippen LogP contribution in [-0.4, -0.2) is 54.8 Å². The molecule has 1 aliphatic rings. The molecule has 6 heteroatoms. The van der Waals surface area contributed by atoms with Crippen LogP contribution in [0.1, 0.15) is 45.6 Å². The highest BCUT2D eigenvalue weighted by atomic mass is 16.5. The van der Waals surface area contributed by atoms with Crippen molar-refractivity contribution in [1.82, 2.24) is 15.5 Å². The van der Waals surface area contributed by atoms with Crippen molar-refractivity contribution in [3.05, 3.63) is 23.8 Å². The minimum Gasteiger partial charge on any atom is -0.504 e. The SMILES string of the molecule is CCCN1CCC(NC(=NCc2ccc(O)c(OCC)c2)NCC)CC1. The zero-order valence-corrected chi connectivity index (χ0v) is 16.4. The third-order valence-electron chi connectivity index (χ3n) is 4.56. The molecule has 1 aromatic carbocycles. The number of ether oxygens (including phenoxy) is 1. The van der Waals surface area contributed by atoms with Crippen molar-refractivity contribution >= 4 is 5.96 Å². The van der Waals surface area contributed by atoms with E-state index in [4.69, 9.17) is 9.73 Å². The molecule has 26 heavy (non-hydrogen) atoms. The molecule has 0 aliphatic carbocycles. The molecule has 3 N–H and O–H groups in total. The van der Waals surface area contributed by atoms with Gasteiger partial charge in [0.25, 0.3) is 0 Å². The Kier molecular flexibility index (Phi) is 8.54. The number of piperidine rings is 1. The van der Waals surface area contributed by atoms with Crippen LogP contribution in [0.25, 0.3) is 0 Å². The van der Waals surface area contributed by atoms with Crippen LogP contribution in [0, 0.1) is 0 Å². The van der Waals surface area contributed by atoms with Crippen molar-refractivity contribution in [2.75, 3.05) is 32.8 Å². The molecule has 146 valence electrons. The van der Waals surface area contributed by atoms with E-state index in [0.717, 1.165) is 44.0 Å². The lowest BCUT2D eigenvalue weighted by atomic mass is 10.1. The van der Waals surface area contributed by atoms with E-state index in [9.17, 15) is 5.11 Å². The lowest BCUT2D eigenvalue weighted by molar-refractivity contribution is 0.206. The molecule has 2 rings (SSSR count). The summed E-state index contributed by atoms with van der Waals surface area (Å²) < 4.78 is 5.45. The van der Waals surface area contributed by atoms with Crippen molar-refractivity contribution in [1.29, 1.82) is 0 Å². The van der Waals surface area contributed by atoms with Gasteiger partial charge in [0, 0.05) is 25.7 Å². The molecule has 0 spiro atoms. The maximum atomic E-state index is 9.81. The lowest BCUT2D eigenvalue weighted by Gasteiger charge is -2.32. The van der Waals surface area contributed by atoms with Crippen LogP contribution in [0.5, 0.6) is 11.5 Å². The van der Waals surface area contributed by atoms with Crippen LogP contribution in [0.4, 0.5) is 0 Å². The molecule has 0 unspecified atom stereocenters. The first-order valence-electron chi connectivity index (χ1n) is 9.88. The first-order valence-corrected chi connectivity index (χ1v) is 9.88. The lowest BCUT2D eigenvalue weighted by Crippen LogP contribution is -2.48. The molecule has 0 aromatic heterocycles. The average molecular weight is 363 g/mol. The quantitative estimate of drug-likeness (QED) is 0.490. The maximum absolute atomic E-state index is 9.81. The van der Waals surface area contributed by atoms with E-state index in [0.29, 0.717) is 24.9 Å². The van der Waals surface area contributed by atoms with E-state index >= 15 is 0 Å². The summed E-state index contributed by atoms with van der Waals surface area (Å²) in [6, 6.07) is 5.88. The van der Waals surface area contributed by atoms with Crippen LogP contribution < -0.4 is 15.4 Å². The summed E-state index contributed by atoms with van der Waals surface area (Å²) >= 11 is 0. The molecule has 0 saturated carbocycles. The number of nitrogens with zero attached hydrogens (tertiary/aromatic N) is 2. The van der Waals surface area contributed by atoms with Crippen molar-refractivity contribution < 1.29 is 9.84 Å². The van der Waals surface area contributed by atoms with Crippen LogP contribution >= 0.6 is 0 Å². The molecule has 1 heterocycles. The summed E-state index contributed by atoms with van der Waals surface area (Å²) in [7, 11) is 0. The standard InChI is InChI=1S/C20H34N4O2/c1-4-11-24-12-9-17(10-13-24)23-20(21-5-2)22-15-16-7-8-18(25)19(14-16)26-6-3/h7-8,14,17,25H,4-6,9-13,15H2,1-3H3,(H2,21,22,23). The zero-order valence-electron chi connectivity index (χ0n) is 16.4. The van der Waals surface area contributed by atoms with E-state index in [-0.39, 0.29) is 5.75 Å². The van der Waals surface area contributed by atoms with E-state index < -0.39 is 0 Å². The smallest absolute Gasteiger partial charge is 0.191 e. The van der Waals surface area contributed by atoms with Gasteiger partial charge in [0.15, 0.2) is 17.5 Å². The third kappa shape index (κ3) is 6.41. The van der Waals surface area contributed by atoms with Gasteiger partial charge in [0.2, 0.25) is 0 Å². The van der Waals surface area contributed by atoms with Crippen molar-refractivity contribution in [2.45, 2.75) is 52.6 Å². The Labute approximate surface area is 157 Å². The van der Waals surface area contributed by atoms with Crippen molar-refractivity contribution in [3.63, 3.8) is 0 Å². The van der Waals surface area contributed by atoms with Gasteiger partial charge in [-0.1, -0.05) is 13.0 Å². The van der Waals surface area contributed by atoms with Crippen molar-refractivity contribution in [2.24, 2.45) is 4.99 Å². The molecular formula is C20H34N4O2. The summed E-state index contributed by atoms with van der Waals surface area (Å²) in [4.78, 5) is 7.24. The number of rotatable bonds is 8. The Morgan fingerprint density at radius 1 is 1.27 bits per heavy atom. The number of benzene rings is 1. The monoisotopic (exact) mass is 362 g/mol. The van der Waals surface area contributed by atoms with Gasteiger partial charge in [-0.3, -0.25) is 0 Å². The fourth-order valence-electron chi connectivity index (χ4n) is 3.23. The fraction of sp³-hybridized carbons (Fsp3) is 0.650. The number of nitrogens with one attached hydrogen (secondary N) is 2. The first-order chi connectivity index (χ1) is 12.7. The number of likely N-dealkylation sites (tertiary alicyclic amines) is 1. The molecule has 1 aromatic rings. The molecule has 6 nitrogen and oxygen atoms in total. The van der Waals surface area contributed by atoms with Crippen LogP contribution in [0.2, 0.25) is 0 Å². The Balaban J connectivity index is 1.93. The minimum absolute atomic E-state index is 0.170. The molecule has 1 fully saturated rings. The van der Waals surface area contributed by atoms with E-state index in [1.165, 1.54) is 13.0 Å². The van der Waals surface area contributed by atoms with Crippen LogP contribution in [-0.2, 0) is 6.54 Å². The largest absolute Gasteiger partial charge is 0.504 e. The Morgan fingerprint density at radius 2 is 2.04 bits per heavy atom. The van der Waals surface area contributed by atoms with Gasteiger partial charge in [0.1, 0.15) is 0 Å². The van der Waals surface area contributed by atoms with Gasteiger partial charge in [-0.05, 0) is 57.4 Å². The summed E-state index contributed by atoms with van der Waals surface area (Å²) in [5.74, 6) is 1.54. The third-order valence-corrected chi connectivity index (χ3v) is 4.56. The predicted molar refractivity (Wildman–Crippen MR) is 107 cm³/mol. The second-order valence-corrected chi connectivity index (χ2v) is 6.69. The molecule has 0 amide bonds. The zero-order chi connectivity index (χ0) is 18.8. The molecule has 1 saturated heterocycles. The fourth-order valence-corrected chi connectivity index (χ4v) is 3.23. The minimum atomic E-state index is 0.170. The average Bonchev–Trinajstić information content (AvgIpc) is 2.64. The van der Waals surface area contributed by atoms with Crippen LogP contribution in [0.15, 0.2) is 23.2 Å². The van der Waals surface area contributed by atoms with Gasteiger partial charge in [-0.25, -0.2) is 4.99 Å². The van der Waals surface area contributed by atoms with E-state index in [1.54, 1.807) is 6.07 Å². The van der Waals surface area contributed by atoms with E-state index in [2.05, 4.69) is 29.4 Å². The van der Waals surface area contributed by atoms with Gasteiger partial charge in [-0.15, -0.1) is 0 Å². The van der Waals surface area contributed by atoms with Gasteiger partial charge >= 0.3 is 0 Å². The number of phenolic OH excluding ortho intramolecular Hbond substituents is 1. The summed E-state index contributed by atoms with van der Waals surface area (Å²) in [5, 5.41) is 16.7. The maximum Gasteiger partial charge on any atom is 0.191 e. The molecule has 0 atom stereocenters. The van der Waals surface area contributed by atoms with Gasteiger partial charge < -0.3 is 25.4 Å². The molecule has 1 aliphatic heterocycles. The Bertz CT molecular complexity index is 569. The normalized spacial score (nSPS) is 16.5. The topological polar surface area (TPSA) is 69.1 Å². The highest BCUT2D eigenvalue weighted by molar-refractivity contribution is 5.80. The number of guanidine groups is 1. The molecular weight excluding hydrogens is 328 g/mol. The predicted octanol–water partition coefficient (Wildman–Crippen LogP) is 2.72. The summed E-state index contributed by atoms with van der Waals surface area (Å²) in [5.41, 5.74) is 1.02. The number of phenols is 1. The van der Waals surface area contributed by atoms with E-state index in [1.807, 2.05) is 19.1 Å². The molecule has 0 radical (unpaired) electrons. The van der Waals surface area contributed by atoms with Crippen LogP contribution in [0.3, 0.4) is 0 Å². The first kappa shape index (κ1) is 20.4. The highest BCUT2D eigenvalue weighted by Gasteiger charge is 2.19. The van der Waals surface area contributed by atoms with Gasteiger partial charge in [-0.2, -0.15) is 0 Å². The number of aromatic hydroxyl groups is 1. The Hall–Kier alpha value is -1.95. The highest BCUT2D eigenvalue weighted by Crippen LogP contribution is 2.27. The second kappa shape index (κ2) is 10.9. The number of hydrogen-bond acceptors (Lipinski definition) is 4. The molecule has 0 bridgehead atoms. The van der Waals surface area contributed by atoms with Crippen molar-refractivity contribution in [3.8, 4) is 11.5 Å². The second-order valence-electron chi connectivity index (χ2n) is 6.69. The summed E-state index contributed by atoms with van der Waals surface area (Å²) in [6.07, 6.45) is 3.52. The Morgan fingerprint density at radius 3 is 2.69 bits per heavy atom. The summed E-state index contributed by atoms with van der Waals surface area (Å²) in [6.45, 7) is 11.6. The van der Waals surface area contributed by atoms with Gasteiger partial charge in [0.05, 0.1) is 13.2 Å². The number of aliphatic imine (C=N–C) groups is 1.